The normalized spacial score (nSPS) is 11.6. The highest BCUT2D eigenvalue weighted by Crippen LogP contribution is 2.10. The van der Waals surface area contributed by atoms with E-state index in [1.807, 2.05) is 7.05 Å². The maximum absolute atomic E-state index is 3.16. The van der Waals surface area contributed by atoms with Crippen molar-refractivity contribution in [2.45, 2.75) is 110 Å². The molecule has 0 radical (unpaired) electrons. The molecule has 1 N–H and O–H groups in total. The molecule has 3 heteroatoms. The number of allylic oxidation sites excluding steroid dienone is 2. The molecule has 0 aliphatic rings. The number of aromatic nitrogens is 2. The number of rotatable bonds is 18. The van der Waals surface area contributed by atoms with Gasteiger partial charge in [0, 0.05) is 0 Å². The van der Waals surface area contributed by atoms with Gasteiger partial charge in [-0.15, -0.1) is 0 Å². The highest BCUT2D eigenvalue weighted by molar-refractivity contribution is 4.81. The number of hydrogen-bond acceptors (Lipinski definition) is 1. The Hall–Kier alpha value is -1.09. The molecule has 150 valence electrons. The van der Waals surface area contributed by atoms with Gasteiger partial charge in [-0.1, -0.05) is 70.4 Å². The smallest absolute Gasteiger partial charge is 0.244 e. The van der Waals surface area contributed by atoms with E-state index in [0.29, 0.717) is 0 Å². The molecule has 0 fully saturated rings. The standard InChI is InChI=1S/C23H44N3/c1-3-4-5-6-7-8-9-10-11-12-13-14-15-16-17-18-19-25-20-21-26(23-25)22-24-2/h12-13,20-21,23-24H,3-11,14-19,22H2,1-2H3/q+1/b13-12+. The lowest BCUT2D eigenvalue weighted by Crippen LogP contribution is -2.37. The molecule has 1 aromatic rings. The first-order valence-corrected chi connectivity index (χ1v) is 11.2. The van der Waals surface area contributed by atoms with Crippen molar-refractivity contribution >= 4 is 0 Å². The molecule has 0 spiro atoms. The summed E-state index contributed by atoms with van der Waals surface area (Å²) < 4.78 is 4.47. The lowest BCUT2D eigenvalue weighted by molar-refractivity contribution is -0.700. The van der Waals surface area contributed by atoms with E-state index < -0.39 is 0 Å². The highest BCUT2D eigenvalue weighted by Gasteiger charge is 2.01. The molecule has 3 nitrogen and oxygen atoms in total. The van der Waals surface area contributed by atoms with Crippen molar-refractivity contribution < 1.29 is 4.57 Å². The Bertz CT molecular complexity index is 436. The molecule has 0 aliphatic carbocycles. The summed E-state index contributed by atoms with van der Waals surface area (Å²) in [6, 6.07) is 0. The molecule has 1 aromatic heterocycles. The van der Waals surface area contributed by atoms with Crippen LogP contribution in [0.3, 0.4) is 0 Å². The fourth-order valence-corrected chi connectivity index (χ4v) is 3.39. The predicted molar refractivity (Wildman–Crippen MR) is 113 cm³/mol. The Balaban J connectivity index is 1.81. The first-order chi connectivity index (χ1) is 12.9. The number of hydrogen-bond donors (Lipinski definition) is 1. The summed E-state index contributed by atoms with van der Waals surface area (Å²) >= 11 is 0. The van der Waals surface area contributed by atoms with E-state index in [1.165, 1.54) is 89.9 Å². The second kappa shape index (κ2) is 17.3. The minimum atomic E-state index is 0.887. The fraction of sp³-hybridized carbons (Fsp3) is 0.783. The Morgan fingerprint density at radius 2 is 1.38 bits per heavy atom. The van der Waals surface area contributed by atoms with Gasteiger partial charge in [0.05, 0.1) is 6.54 Å². The molecule has 0 amide bonds. The maximum Gasteiger partial charge on any atom is 0.244 e. The highest BCUT2D eigenvalue weighted by atomic mass is 15.2. The molecule has 1 heterocycles. The summed E-state index contributed by atoms with van der Waals surface area (Å²) in [6.45, 7) is 4.32. The number of unbranched alkanes of at least 4 members (excludes halogenated alkanes) is 12. The number of nitrogens with one attached hydrogen (secondary N) is 1. The van der Waals surface area contributed by atoms with Crippen LogP contribution in [0.15, 0.2) is 30.9 Å². The fourth-order valence-electron chi connectivity index (χ4n) is 3.39. The Labute approximate surface area is 162 Å². The summed E-state index contributed by atoms with van der Waals surface area (Å²) in [6.07, 6.45) is 30.6. The van der Waals surface area contributed by atoms with Crippen LogP contribution in [0.2, 0.25) is 0 Å². The predicted octanol–water partition coefficient (Wildman–Crippen LogP) is 5.99. The van der Waals surface area contributed by atoms with E-state index in [0.717, 1.165) is 13.2 Å². The number of aryl methyl sites for hydroxylation is 1. The van der Waals surface area contributed by atoms with Gasteiger partial charge >= 0.3 is 0 Å². The van der Waals surface area contributed by atoms with E-state index in [4.69, 9.17) is 0 Å². The van der Waals surface area contributed by atoms with Crippen LogP contribution in [0.5, 0.6) is 0 Å². The van der Waals surface area contributed by atoms with E-state index in [9.17, 15) is 0 Å². The van der Waals surface area contributed by atoms with Crippen LogP contribution in [0.1, 0.15) is 96.8 Å². The monoisotopic (exact) mass is 362 g/mol. The third kappa shape index (κ3) is 13.2. The minimum Gasteiger partial charge on any atom is -0.284 e. The number of imidazole rings is 1. The summed E-state index contributed by atoms with van der Waals surface area (Å²) in [5.41, 5.74) is 0. The molecule has 0 unspecified atom stereocenters. The molecule has 0 bridgehead atoms. The summed E-state index contributed by atoms with van der Waals surface area (Å²) in [7, 11) is 1.98. The van der Waals surface area contributed by atoms with E-state index >= 15 is 0 Å². The Morgan fingerprint density at radius 3 is 2.00 bits per heavy atom. The third-order valence-electron chi connectivity index (χ3n) is 5.02. The van der Waals surface area contributed by atoms with E-state index in [1.54, 1.807) is 0 Å². The second-order valence-corrected chi connectivity index (χ2v) is 7.62. The molecule has 1 rings (SSSR count). The van der Waals surface area contributed by atoms with Gasteiger partial charge in [0.2, 0.25) is 6.33 Å². The number of nitrogens with zero attached hydrogens (tertiary/aromatic N) is 2. The van der Waals surface area contributed by atoms with Crippen molar-refractivity contribution in [2.75, 3.05) is 7.05 Å². The molecule has 0 atom stereocenters. The van der Waals surface area contributed by atoms with E-state index in [2.05, 4.69) is 52.2 Å². The summed E-state index contributed by atoms with van der Waals surface area (Å²) in [5, 5.41) is 3.16. The van der Waals surface area contributed by atoms with Crippen LogP contribution in [0.4, 0.5) is 0 Å². The van der Waals surface area contributed by atoms with Crippen LogP contribution >= 0.6 is 0 Å². The van der Waals surface area contributed by atoms with Crippen LogP contribution in [-0.4, -0.2) is 11.6 Å². The first-order valence-electron chi connectivity index (χ1n) is 11.2. The van der Waals surface area contributed by atoms with Gasteiger partial charge in [-0.05, 0) is 45.6 Å². The van der Waals surface area contributed by atoms with Crippen molar-refractivity contribution in [3.05, 3.63) is 30.9 Å². The van der Waals surface area contributed by atoms with Crippen molar-refractivity contribution in [1.29, 1.82) is 0 Å². The first kappa shape index (κ1) is 23.0. The molecular formula is C23H44N3+. The summed E-state index contributed by atoms with van der Waals surface area (Å²) in [5.74, 6) is 0. The van der Waals surface area contributed by atoms with E-state index in [-0.39, 0.29) is 0 Å². The molecule has 0 saturated carbocycles. The van der Waals surface area contributed by atoms with Gasteiger partial charge in [0.25, 0.3) is 0 Å². The Kier molecular flexibility index (Phi) is 15.3. The largest absolute Gasteiger partial charge is 0.284 e. The zero-order chi connectivity index (χ0) is 18.7. The zero-order valence-corrected chi connectivity index (χ0v) is 17.6. The van der Waals surface area contributed by atoms with Crippen molar-refractivity contribution in [2.24, 2.45) is 0 Å². The zero-order valence-electron chi connectivity index (χ0n) is 17.6. The molecular weight excluding hydrogens is 318 g/mol. The van der Waals surface area contributed by atoms with Crippen molar-refractivity contribution in [1.82, 2.24) is 9.88 Å². The topological polar surface area (TPSA) is 20.8 Å². The molecule has 0 aliphatic heterocycles. The van der Waals surface area contributed by atoms with Gasteiger partial charge in [0.1, 0.15) is 19.1 Å². The van der Waals surface area contributed by atoms with Crippen LogP contribution in [0, 0.1) is 0 Å². The Morgan fingerprint density at radius 1 is 0.808 bits per heavy atom. The maximum atomic E-state index is 3.16. The van der Waals surface area contributed by atoms with Gasteiger partial charge in [0.15, 0.2) is 0 Å². The van der Waals surface area contributed by atoms with Gasteiger partial charge < -0.3 is 0 Å². The molecule has 26 heavy (non-hydrogen) atoms. The average molecular weight is 363 g/mol. The summed E-state index contributed by atoms with van der Waals surface area (Å²) in [4.78, 5) is 0. The second-order valence-electron chi connectivity index (χ2n) is 7.62. The van der Waals surface area contributed by atoms with Crippen molar-refractivity contribution in [3.63, 3.8) is 0 Å². The van der Waals surface area contributed by atoms with Gasteiger partial charge in [-0.3, -0.25) is 5.32 Å². The minimum absolute atomic E-state index is 0.887. The SMILES string of the molecule is CCCCCCCCCC/C=C/CCCCCCn1cc[n+](CNC)c1. The van der Waals surface area contributed by atoms with Crippen LogP contribution in [0.25, 0.3) is 0 Å². The molecule has 0 saturated heterocycles. The molecule has 0 aromatic carbocycles. The van der Waals surface area contributed by atoms with Crippen molar-refractivity contribution in [3.8, 4) is 0 Å². The quantitative estimate of drug-likeness (QED) is 0.193. The van der Waals surface area contributed by atoms with Crippen LogP contribution in [-0.2, 0) is 13.2 Å². The third-order valence-corrected chi connectivity index (χ3v) is 5.02. The lowest BCUT2D eigenvalue weighted by atomic mass is 10.1. The van der Waals surface area contributed by atoms with Gasteiger partial charge in [-0.2, -0.15) is 0 Å². The lowest BCUT2D eigenvalue weighted by Gasteiger charge is -2.00. The van der Waals surface area contributed by atoms with Gasteiger partial charge in [-0.25, -0.2) is 9.13 Å². The van der Waals surface area contributed by atoms with Crippen LogP contribution < -0.4 is 9.88 Å². The average Bonchev–Trinajstić information content (AvgIpc) is 3.09.